The van der Waals surface area contributed by atoms with Crippen molar-refractivity contribution in [3.8, 4) is 0 Å². The quantitative estimate of drug-likeness (QED) is 0.593. The van der Waals surface area contributed by atoms with Crippen molar-refractivity contribution >= 4 is 33.7 Å². The molecule has 0 saturated heterocycles. The predicted molar refractivity (Wildman–Crippen MR) is 101 cm³/mol. The van der Waals surface area contributed by atoms with E-state index in [4.69, 9.17) is 9.40 Å². The first-order chi connectivity index (χ1) is 12.5. The van der Waals surface area contributed by atoms with Gasteiger partial charge in [-0.05, 0) is 43.2 Å². The fourth-order valence-corrected chi connectivity index (χ4v) is 3.02. The fraction of sp³-hybridized carbons (Fsp3) is 0.250. The maximum atomic E-state index is 12.4. The highest BCUT2D eigenvalue weighted by Gasteiger charge is 2.18. The molecule has 3 aromatic heterocycles. The summed E-state index contributed by atoms with van der Waals surface area (Å²) in [7, 11) is 0. The van der Waals surface area contributed by atoms with Crippen LogP contribution >= 0.6 is 0 Å². The molecule has 0 bridgehead atoms. The minimum Gasteiger partial charge on any atom is -0.459 e. The molecule has 6 nitrogen and oxygen atoms in total. The highest BCUT2D eigenvalue weighted by molar-refractivity contribution is 6.07. The van der Waals surface area contributed by atoms with Crippen LogP contribution in [-0.2, 0) is 6.54 Å². The Morgan fingerprint density at radius 3 is 2.85 bits per heavy atom. The number of furan rings is 1. The molecule has 0 aliphatic heterocycles. The zero-order valence-electron chi connectivity index (χ0n) is 15.0. The Morgan fingerprint density at radius 1 is 1.27 bits per heavy atom. The number of hydrogen-bond donors (Lipinski definition) is 1. The largest absolute Gasteiger partial charge is 0.459 e. The third-order valence-electron chi connectivity index (χ3n) is 4.19. The summed E-state index contributed by atoms with van der Waals surface area (Å²) in [5, 5.41) is 9.31. The normalized spacial score (nSPS) is 11.5. The van der Waals surface area contributed by atoms with Crippen molar-refractivity contribution in [1.29, 1.82) is 0 Å². The maximum absolute atomic E-state index is 12.4. The Balaban J connectivity index is 1.86. The first-order valence-electron chi connectivity index (χ1n) is 8.64. The molecule has 1 amide bonds. The van der Waals surface area contributed by atoms with E-state index in [0.29, 0.717) is 11.7 Å². The van der Waals surface area contributed by atoms with Crippen molar-refractivity contribution in [2.75, 3.05) is 5.32 Å². The highest BCUT2D eigenvalue weighted by atomic mass is 16.3. The number of benzene rings is 1. The first kappa shape index (κ1) is 16.3. The first-order valence-corrected chi connectivity index (χ1v) is 8.64. The van der Waals surface area contributed by atoms with Crippen LogP contribution in [0.2, 0.25) is 0 Å². The van der Waals surface area contributed by atoms with Crippen molar-refractivity contribution in [1.82, 2.24) is 14.8 Å². The van der Waals surface area contributed by atoms with E-state index in [9.17, 15) is 4.79 Å². The number of nitrogens with zero attached hydrogens (tertiary/aromatic N) is 3. The molecule has 0 saturated carbocycles. The number of amides is 1. The van der Waals surface area contributed by atoms with E-state index in [1.807, 2.05) is 29.8 Å². The minimum absolute atomic E-state index is 0.251. The third-order valence-corrected chi connectivity index (χ3v) is 4.19. The molecule has 0 radical (unpaired) electrons. The molecule has 26 heavy (non-hydrogen) atoms. The molecule has 1 aromatic carbocycles. The van der Waals surface area contributed by atoms with E-state index < -0.39 is 0 Å². The minimum atomic E-state index is -0.324. The second-order valence-electron chi connectivity index (χ2n) is 6.91. The molecule has 0 aliphatic rings. The number of anilines is 1. The van der Waals surface area contributed by atoms with Crippen LogP contribution in [0.15, 0.2) is 47.1 Å². The van der Waals surface area contributed by atoms with E-state index in [2.05, 4.69) is 30.3 Å². The van der Waals surface area contributed by atoms with Crippen LogP contribution in [0, 0.1) is 12.8 Å². The number of carbonyl (C=O) groups excluding carboxylic acids is 1. The van der Waals surface area contributed by atoms with Crippen LogP contribution in [0.5, 0.6) is 0 Å². The second-order valence-corrected chi connectivity index (χ2v) is 6.91. The number of aromatic nitrogens is 3. The van der Waals surface area contributed by atoms with Crippen molar-refractivity contribution in [2.24, 2.45) is 5.92 Å². The van der Waals surface area contributed by atoms with Gasteiger partial charge in [0.2, 0.25) is 0 Å². The molecular weight excluding hydrogens is 328 g/mol. The summed E-state index contributed by atoms with van der Waals surface area (Å²) in [6, 6.07) is 11.5. The van der Waals surface area contributed by atoms with E-state index >= 15 is 0 Å². The fourth-order valence-electron chi connectivity index (χ4n) is 3.02. The zero-order valence-corrected chi connectivity index (χ0v) is 15.0. The van der Waals surface area contributed by atoms with Gasteiger partial charge in [0.05, 0.1) is 17.2 Å². The average molecular weight is 348 g/mol. The van der Waals surface area contributed by atoms with Crippen LogP contribution < -0.4 is 5.32 Å². The van der Waals surface area contributed by atoms with Crippen LogP contribution in [0.25, 0.3) is 21.9 Å². The van der Waals surface area contributed by atoms with Crippen LogP contribution in [0.1, 0.15) is 30.0 Å². The molecule has 0 fully saturated rings. The lowest BCUT2D eigenvalue weighted by atomic mass is 10.1. The Kier molecular flexibility index (Phi) is 3.95. The Bertz CT molecular complexity index is 1090. The number of pyridine rings is 1. The molecule has 0 spiro atoms. The average Bonchev–Trinajstić information content (AvgIpc) is 3.22. The van der Waals surface area contributed by atoms with Gasteiger partial charge in [-0.1, -0.05) is 25.5 Å². The number of rotatable bonds is 4. The second kappa shape index (κ2) is 6.29. The molecule has 0 aliphatic carbocycles. The molecule has 3 heterocycles. The van der Waals surface area contributed by atoms with Gasteiger partial charge in [-0.15, -0.1) is 0 Å². The summed E-state index contributed by atoms with van der Waals surface area (Å²) in [6.07, 6.45) is 1.47. The summed E-state index contributed by atoms with van der Waals surface area (Å²) < 4.78 is 7.03. The van der Waals surface area contributed by atoms with Crippen molar-refractivity contribution in [3.63, 3.8) is 0 Å². The summed E-state index contributed by atoms with van der Waals surface area (Å²) in [4.78, 5) is 17.2. The predicted octanol–water partition coefficient (Wildman–Crippen LogP) is 4.39. The lowest BCUT2D eigenvalue weighted by Gasteiger charge is -2.06. The van der Waals surface area contributed by atoms with E-state index in [0.717, 1.165) is 34.0 Å². The van der Waals surface area contributed by atoms with Gasteiger partial charge in [0.15, 0.2) is 17.2 Å². The molecule has 0 atom stereocenters. The SMILES string of the molecule is Cc1ccc2nc3c(cc2c1)c(NC(=O)c1ccco1)nn3CC(C)C. The van der Waals surface area contributed by atoms with Gasteiger partial charge in [-0.3, -0.25) is 4.79 Å². The number of fused-ring (bicyclic) bond motifs is 2. The summed E-state index contributed by atoms with van der Waals surface area (Å²) >= 11 is 0. The van der Waals surface area contributed by atoms with Crippen molar-refractivity contribution in [3.05, 3.63) is 54.0 Å². The van der Waals surface area contributed by atoms with Crippen molar-refractivity contribution in [2.45, 2.75) is 27.3 Å². The van der Waals surface area contributed by atoms with Gasteiger partial charge in [0, 0.05) is 11.9 Å². The van der Waals surface area contributed by atoms with Gasteiger partial charge in [-0.2, -0.15) is 5.10 Å². The maximum Gasteiger partial charge on any atom is 0.292 e. The van der Waals surface area contributed by atoms with Crippen LogP contribution in [-0.4, -0.2) is 20.7 Å². The molecule has 4 rings (SSSR count). The van der Waals surface area contributed by atoms with Crippen molar-refractivity contribution < 1.29 is 9.21 Å². The van der Waals surface area contributed by atoms with Gasteiger partial charge in [0.25, 0.3) is 5.91 Å². The Labute approximate surface area is 150 Å². The standard InChI is InChI=1S/C20H20N4O2/c1-12(2)11-24-19-15(10-14-9-13(3)6-7-16(14)21-19)18(23-24)22-20(25)17-5-4-8-26-17/h4-10,12H,11H2,1-3H3,(H,22,23,25). The molecule has 1 N–H and O–H groups in total. The third kappa shape index (κ3) is 2.94. The zero-order chi connectivity index (χ0) is 18.3. The Hall–Kier alpha value is -3.15. The lowest BCUT2D eigenvalue weighted by molar-refractivity contribution is 0.0996. The number of carbonyl (C=O) groups is 1. The Morgan fingerprint density at radius 2 is 2.12 bits per heavy atom. The summed E-state index contributed by atoms with van der Waals surface area (Å²) in [5.74, 6) is 0.830. The number of hydrogen-bond acceptors (Lipinski definition) is 4. The van der Waals surface area contributed by atoms with Gasteiger partial charge in [0.1, 0.15) is 0 Å². The molecule has 6 heteroatoms. The van der Waals surface area contributed by atoms with Gasteiger partial charge < -0.3 is 9.73 Å². The number of nitrogens with one attached hydrogen (secondary N) is 1. The van der Waals surface area contributed by atoms with Gasteiger partial charge in [-0.25, -0.2) is 9.67 Å². The van der Waals surface area contributed by atoms with E-state index in [1.165, 1.54) is 6.26 Å². The molecule has 0 unspecified atom stereocenters. The van der Waals surface area contributed by atoms with Gasteiger partial charge >= 0.3 is 0 Å². The van der Waals surface area contributed by atoms with E-state index in [1.54, 1.807) is 12.1 Å². The molecular formula is C20H20N4O2. The summed E-state index contributed by atoms with van der Waals surface area (Å²) in [5.41, 5.74) is 2.84. The molecule has 4 aromatic rings. The van der Waals surface area contributed by atoms with Crippen LogP contribution in [0.4, 0.5) is 5.82 Å². The lowest BCUT2D eigenvalue weighted by Crippen LogP contribution is -2.12. The smallest absolute Gasteiger partial charge is 0.292 e. The number of aryl methyl sites for hydroxylation is 1. The van der Waals surface area contributed by atoms with E-state index in [-0.39, 0.29) is 11.7 Å². The van der Waals surface area contributed by atoms with Crippen LogP contribution in [0.3, 0.4) is 0 Å². The highest BCUT2D eigenvalue weighted by Crippen LogP contribution is 2.27. The topological polar surface area (TPSA) is 73.0 Å². The molecule has 132 valence electrons. The monoisotopic (exact) mass is 348 g/mol. The summed E-state index contributed by atoms with van der Waals surface area (Å²) in [6.45, 7) is 7.01.